The van der Waals surface area contributed by atoms with Gasteiger partial charge in [-0.15, -0.1) is 0 Å². The van der Waals surface area contributed by atoms with E-state index in [2.05, 4.69) is 302 Å². The molecule has 0 radical (unpaired) electrons. The summed E-state index contributed by atoms with van der Waals surface area (Å²) in [7, 11) is 0. The van der Waals surface area contributed by atoms with Crippen LogP contribution in [0.15, 0.2) is 297 Å². The first-order valence-electron chi connectivity index (χ1n) is 26.2. The lowest BCUT2D eigenvalue weighted by Gasteiger charge is -2.36. The lowest BCUT2D eigenvalue weighted by Crippen LogP contribution is -2.29. The summed E-state index contributed by atoms with van der Waals surface area (Å²) in [5, 5.41) is 7.59. The van der Waals surface area contributed by atoms with E-state index in [1.807, 2.05) is 0 Å². The third-order valence-electron chi connectivity index (χ3n) is 16.6. The van der Waals surface area contributed by atoms with Gasteiger partial charge in [-0.05, 0) is 141 Å². The number of nitrogens with zero attached hydrogens (tertiary/aromatic N) is 1. The van der Waals surface area contributed by atoms with Crippen molar-refractivity contribution < 1.29 is 0 Å². The Morgan fingerprint density at radius 1 is 0.213 bits per heavy atom. The van der Waals surface area contributed by atoms with Crippen LogP contribution in [0.4, 0.5) is 17.1 Å². The molecule has 0 atom stereocenters. The molecule has 0 spiro atoms. The van der Waals surface area contributed by atoms with Crippen molar-refractivity contribution in [3.8, 4) is 33.4 Å². The van der Waals surface area contributed by atoms with E-state index >= 15 is 0 Å². The lowest BCUT2D eigenvalue weighted by molar-refractivity contribution is 0.767. The number of hydrogen-bond acceptors (Lipinski definition) is 1. The van der Waals surface area contributed by atoms with Crippen molar-refractivity contribution in [2.45, 2.75) is 10.8 Å². The molecule has 0 saturated carbocycles. The van der Waals surface area contributed by atoms with Crippen LogP contribution >= 0.6 is 0 Å². The molecule has 13 aromatic rings. The lowest BCUT2D eigenvalue weighted by atomic mass is 9.67. The van der Waals surface area contributed by atoms with Crippen molar-refractivity contribution in [3.05, 3.63) is 342 Å². The Labute approximate surface area is 437 Å². The molecule has 1 nitrogen and oxygen atoms in total. The first-order valence-corrected chi connectivity index (χ1v) is 26.2. The van der Waals surface area contributed by atoms with Gasteiger partial charge in [-0.2, -0.15) is 0 Å². The summed E-state index contributed by atoms with van der Waals surface area (Å²) >= 11 is 0. The molecule has 13 aromatic carbocycles. The van der Waals surface area contributed by atoms with E-state index in [0.717, 1.165) is 28.2 Å². The first kappa shape index (κ1) is 43.1. The minimum Gasteiger partial charge on any atom is -0.310 e. The maximum atomic E-state index is 2.55. The molecule has 0 unspecified atom stereocenters. The molecule has 0 aliphatic heterocycles. The van der Waals surface area contributed by atoms with Crippen molar-refractivity contribution >= 4 is 49.4 Å². The van der Waals surface area contributed by atoms with E-state index in [9.17, 15) is 0 Å². The molecular formula is C74H49N. The fraction of sp³-hybridized carbons (Fsp3) is 0.0270. The minimum absolute atomic E-state index is 0.576. The van der Waals surface area contributed by atoms with E-state index in [4.69, 9.17) is 0 Å². The number of benzene rings is 13. The van der Waals surface area contributed by atoms with E-state index in [-0.39, 0.29) is 0 Å². The highest BCUT2D eigenvalue weighted by molar-refractivity contribution is 6.26. The number of hydrogen-bond donors (Lipinski definition) is 0. The third-order valence-corrected chi connectivity index (χ3v) is 16.6. The summed E-state index contributed by atoms with van der Waals surface area (Å²) in [6, 6.07) is 111. The molecule has 75 heavy (non-hydrogen) atoms. The molecule has 1 heteroatoms. The van der Waals surface area contributed by atoms with Gasteiger partial charge in [0.2, 0.25) is 0 Å². The van der Waals surface area contributed by atoms with Gasteiger partial charge in [-0.25, -0.2) is 0 Å². The zero-order valence-electron chi connectivity index (χ0n) is 41.2. The monoisotopic (exact) mass is 951 g/mol. The average Bonchev–Trinajstić information content (AvgIpc) is 4.09. The fourth-order valence-electron chi connectivity index (χ4n) is 13.6. The van der Waals surface area contributed by atoms with Gasteiger partial charge in [-0.1, -0.05) is 261 Å². The number of para-hydroxylation sites is 1. The molecule has 0 N–H and O–H groups in total. The molecule has 0 fully saturated rings. The van der Waals surface area contributed by atoms with Gasteiger partial charge < -0.3 is 4.90 Å². The van der Waals surface area contributed by atoms with Gasteiger partial charge in [0.1, 0.15) is 0 Å². The topological polar surface area (TPSA) is 3.24 Å². The fourth-order valence-corrected chi connectivity index (χ4v) is 13.6. The SMILES string of the molecule is c1ccc(C2(c3ccccc3)c3ccccc3-c3ccc(N(c4ccc5c(c4)C(c4ccccc4)(c4ccccc4)c4ccccc4-5)c4ccccc4-c4ccc5c6ccccc6c6ccccc6c5c4)cc32)cc1. The Balaban J connectivity index is 1.03. The van der Waals surface area contributed by atoms with E-state index in [1.54, 1.807) is 0 Å². The second kappa shape index (κ2) is 17.0. The molecule has 0 bridgehead atoms. The Morgan fingerprint density at radius 2 is 0.547 bits per heavy atom. The largest absolute Gasteiger partial charge is 0.310 e. The number of anilines is 3. The molecule has 0 heterocycles. The van der Waals surface area contributed by atoms with Crippen molar-refractivity contribution in [2.24, 2.45) is 0 Å². The summed E-state index contributed by atoms with van der Waals surface area (Å²) in [5.74, 6) is 0. The normalized spacial score (nSPS) is 13.5. The quantitative estimate of drug-likeness (QED) is 0.137. The van der Waals surface area contributed by atoms with Crippen LogP contribution in [0, 0.1) is 0 Å². The van der Waals surface area contributed by atoms with Crippen LogP contribution in [-0.4, -0.2) is 0 Å². The van der Waals surface area contributed by atoms with Gasteiger partial charge >= 0.3 is 0 Å². The summed E-state index contributed by atoms with van der Waals surface area (Å²) in [5.41, 5.74) is 19.6. The predicted octanol–water partition coefficient (Wildman–Crippen LogP) is 19.0. The molecular weight excluding hydrogens is 903 g/mol. The van der Waals surface area contributed by atoms with Gasteiger partial charge in [0.25, 0.3) is 0 Å². The maximum Gasteiger partial charge on any atom is 0.0714 e. The Morgan fingerprint density at radius 3 is 0.987 bits per heavy atom. The highest BCUT2D eigenvalue weighted by Gasteiger charge is 2.48. The smallest absolute Gasteiger partial charge is 0.0714 e. The predicted molar refractivity (Wildman–Crippen MR) is 314 cm³/mol. The molecule has 2 aliphatic rings. The summed E-state index contributed by atoms with van der Waals surface area (Å²) in [4.78, 5) is 2.55. The van der Waals surface area contributed by atoms with Crippen molar-refractivity contribution in [2.75, 3.05) is 4.90 Å². The zero-order valence-corrected chi connectivity index (χ0v) is 41.2. The molecule has 350 valence electrons. The van der Waals surface area contributed by atoms with Crippen LogP contribution in [0.5, 0.6) is 0 Å². The van der Waals surface area contributed by atoms with Crippen LogP contribution in [-0.2, 0) is 10.8 Å². The van der Waals surface area contributed by atoms with Gasteiger partial charge in [-0.3, -0.25) is 0 Å². The Kier molecular flexibility index (Phi) is 9.77. The van der Waals surface area contributed by atoms with Crippen LogP contribution in [0.25, 0.3) is 65.7 Å². The standard InChI is InChI=1S/C74H49N/c1-5-23-51(24-6-1)73(52-25-7-2-8-26-52)68-38-20-17-36-63(68)65-45-42-55(48-70(65)73)75(72-40-22-19-31-57(72)50-41-44-62-60-34-14-13-32-58(60)59-33-15-16-35-61(59)67(62)47-50)56-43-46-66-64-37-18-21-39-69(64)74(71(66)49-56,53-27-9-3-10-28-53)54-29-11-4-12-30-54/h1-49H. The average molecular weight is 952 g/mol. The number of rotatable bonds is 8. The van der Waals surface area contributed by atoms with Crippen molar-refractivity contribution in [1.82, 2.24) is 0 Å². The van der Waals surface area contributed by atoms with Gasteiger partial charge in [0, 0.05) is 16.9 Å². The molecule has 0 amide bonds. The van der Waals surface area contributed by atoms with Crippen LogP contribution < -0.4 is 4.90 Å². The number of fused-ring (bicyclic) bond motifs is 12. The van der Waals surface area contributed by atoms with Crippen molar-refractivity contribution in [1.29, 1.82) is 0 Å². The van der Waals surface area contributed by atoms with Crippen LogP contribution in [0.2, 0.25) is 0 Å². The second-order valence-electron chi connectivity index (χ2n) is 20.2. The minimum atomic E-state index is -0.576. The Bertz CT molecular complexity index is 4050. The van der Waals surface area contributed by atoms with Gasteiger partial charge in [0.05, 0.1) is 16.5 Å². The Hall–Kier alpha value is -9.56. The molecule has 0 aromatic heterocycles. The summed E-state index contributed by atoms with van der Waals surface area (Å²) < 4.78 is 0. The molecule has 0 saturated heterocycles. The molecule has 15 rings (SSSR count). The summed E-state index contributed by atoms with van der Waals surface area (Å²) in [6.07, 6.45) is 0. The third kappa shape index (κ3) is 6.25. The maximum absolute atomic E-state index is 2.55. The van der Waals surface area contributed by atoms with Crippen molar-refractivity contribution in [3.63, 3.8) is 0 Å². The second-order valence-corrected chi connectivity index (χ2v) is 20.2. The highest BCUT2D eigenvalue weighted by Crippen LogP contribution is 2.60. The first-order chi connectivity index (χ1) is 37.2. The molecule has 2 aliphatic carbocycles. The van der Waals surface area contributed by atoms with Gasteiger partial charge in [0.15, 0.2) is 0 Å². The van der Waals surface area contributed by atoms with E-state index < -0.39 is 10.8 Å². The van der Waals surface area contributed by atoms with E-state index in [0.29, 0.717) is 0 Å². The van der Waals surface area contributed by atoms with Crippen LogP contribution in [0.1, 0.15) is 44.5 Å². The zero-order chi connectivity index (χ0) is 49.5. The summed E-state index contributed by atoms with van der Waals surface area (Å²) in [6.45, 7) is 0. The highest BCUT2D eigenvalue weighted by atomic mass is 15.1. The van der Waals surface area contributed by atoms with E-state index in [1.165, 1.54) is 99.1 Å². The van der Waals surface area contributed by atoms with Crippen LogP contribution in [0.3, 0.4) is 0 Å².